The Morgan fingerprint density at radius 1 is 0.905 bits per heavy atom. The van der Waals surface area contributed by atoms with E-state index < -0.39 is 0 Å². The lowest BCUT2D eigenvalue weighted by atomic mass is 10.1. The predicted octanol–water partition coefficient (Wildman–Crippen LogP) is 4.75. The van der Waals surface area contributed by atoms with Gasteiger partial charge in [0.25, 0.3) is 0 Å². The van der Waals surface area contributed by atoms with Gasteiger partial charge < -0.3 is 0 Å². The first-order valence-electron chi connectivity index (χ1n) is 6.51. The van der Waals surface area contributed by atoms with Crippen LogP contribution in [-0.2, 0) is 0 Å². The highest BCUT2D eigenvalue weighted by Crippen LogP contribution is 2.17. The molecule has 0 radical (unpaired) electrons. The lowest BCUT2D eigenvalue weighted by Crippen LogP contribution is -2.04. The Labute approximate surface area is 126 Å². The zero-order chi connectivity index (χ0) is 14.5. The fraction of sp³-hybridized carbons (Fsp3) is 0. The summed E-state index contributed by atoms with van der Waals surface area (Å²) in [6.07, 6.45) is 0. The van der Waals surface area contributed by atoms with Crippen molar-refractivity contribution >= 4 is 22.7 Å². The molecule has 0 amide bonds. The van der Waals surface area contributed by atoms with Crippen LogP contribution in [0.3, 0.4) is 0 Å². The Morgan fingerprint density at radius 3 is 2.33 bits per heavy atom. The first kappa shape index (κ1) is 13.5. The number of hydrazone groups is 1. The normalized spacial score (nSPS) is 11.4. The van der Waals surface area contributed by atoms with Gasteiger partial charge in [-0.05, 0) is 35.7 Å². The smallest absolute Gasteiger partial charge is 0.123 e. The molecule has 3 rings (SSSR count). The van der Waals surface area contributed by atoms with Gasteiger partial charge in [0.05, 0.1) is 10.6 Å². The molecule has 1 aromatic heterocycles. The molecule has 0 atom stereocenters. The molecule has 1 N–H and O–H groups in total. The van der Waals surface area contributed by atoms with Gasteiger partial charge in [-0.1, -0.05) is 36.4 Å². The Morgan fingerprint density at radius 2 is 1.67 bits per heavy atom. The van der Waals surface area contributed by atoms with E-state index in [2.05, 4.69) is 10.5 Å². The van der Waals surface area contributed by atoms with Crippen molar-refractivity contribution in [3.8, 4) is 0 Å². The summed E-state index contributed by atoms with van der Waals surface area (Å²) in [4.78, 5) is 1.08. The van der Waals surface area contributed by atoms with Crippen molar-refractivity contribution in [2.45, 2.75) is 0 Å². The summed E-state index contributed by atoms with van der Waals surface area (Å²) in [5, 5.41) is 6.51. The van der Waals surface area contributed by atoms with E-state index in [0.717, 1.165) is 21.8 Å². The van der Waals surface area contributed by atoms with E-state index in [0.29, 0.717) is 0 Å². The van der Waals surface area contributed by atoms with Gasteiger partial charge in [-0.25, -0.2) is 4.39 Å². The molecule has 0 fully saturated rings. The van der Waals surface area contributed by atoms with Crippen LogP contribution in [0.4, 0.5) is 10.1 Å². The second-order valence-electron chi connectivity index (χ2n) is 4.42. The third-order valence-electron chi connectivity index (χ3n) is 2.94. The molecule has 4 heteroatoms. The van der Waals surface area contributed by atoms with Crippen molar-refractivity contribution in [1.82, 2.24) is 0 Å². The molecule has 0 spiro atoms. The molecule has 104 valence electrons. The first-order chi connectivity index (χ1) is 10.3. The molecule has 2 aromatic carbocycles. The molecule has 2 nitrogen and oxygen atoms in total. The summed E-state index contributed by atoms with van der Waals surface area (Å²) in [5.74, 6) is -0.258. The molecule has 1 heterocycles. The Balaban J connectivity index is 1.92. The van der Waals surface area contributed by atoms with Crippen molar-refractivity contribution in [2.75, 3.05) is 5.43 Å². The standard InChI is InChI=1S/C17H13FN2S/c18-14-8-10-15(11-9-14)19-20-17(16-7-4-12-21-16)13-5-2-1-3-6-13/h1-12,19H. The summed E-state index contributed by atoms with van der Waals surface area (Å²) < 4.78 is 12.9. The third-order valence-corrected chi connectivity index (χ3v) is 3.82. The highest BCUT2D eigenvalue weighted by molar-refractivity contribution is 7.12. The van der Waals surface area contributed by atoms with E-state index in [9.17, 15) is 4.39 Å². The molecular formula is C17H13FN2S. The fourth-order valence-electron chi connectivity index (χ4n) is 1.92. The molecule has 0 unspecified atom stereocenters. The minimum Gasteiger partial charge on any atom is -0.278 e. The number of hydrogen-bond donors (Lipinski definition) is 1. The van der Waals surface area contributed by atoms with Crippen LogP contribution in [0.1, 0.15) is 10.4 Å². The minimum atomic E-state index is -0.258. The number of nitrogens with zero attached hydrogens (tertiary/aromatic N) is 1. The van der Waals surface area contributed by atoms with E-state index in [1.54, 1.807) is 23.5 Å². The molecule has 0 saturated heterocycles. The minimum absolute atomic E-state index is 0.258. The average Bonchev–Trinajstić information content (AvgIpc) is 3.05. The van der Waals surface area contributed by atoms with Gasteiger partial charge in [-0.3, -0.25) is 5.43 Å². The van der Waals surface area contributed by atoms with E-state index in [4.69, 9.17) is 0 Å². The van der Waals surface area contributed by atoms with Gasteiger partial charge >= 0.3 is 0 Å². The van der Waals surface area contributed by atoms with Gasteiger partial charge in [0.15, 0.2) is 0 Å². The molecular weight excluding hydrogens is 283 g/mol. The van der Waals surface area contributed by atoms with Crippen molar-refractivity contribution in [1.29, 1.82) is 0 Å². The van der Waals surface area contributed by atoms with Crippen LogP contribution in [0, 0.1) is 5.82 Å². The number of thiophene rings is 1. The lowest BCUT2D eigenvalue weighted by molar-refractivity contribution is 0.628. The molecule has 0 aliphatic carbocycles. The van der Waals surface area contributed by atoms with Gasteiger partial charge in [-0.15, -0.1) is 11.3 Å². The summed E-state index contributed by atoms with van der Waals surface area (Å²) in [7, 11) is 0. The van der Waals surface area contributed by atoms with E-state index in [1.807, 2.05) is 47.8 Å². The maximum absolute atomic E-state index is 12.9. The van der Waals surface area contributed by atoms with E-state index in [1.165, 1.54) is 12.1 Å². The van der Waals surface area contributed by atoms with Crippen LogP contribution in [-0.4, -0.2) is 5.71 Å². The van der Waals surface area contributed by atoms with Crippen LogP contribution >= 0.6 is 11.3 Å². The predicted molar refractivity (Wildman–Crippen MR) is 86.4 cm³/mol. The van der Waals surface area contributed by atoms with Crippen LogP contribution in [0.25, 0.3) is 0 Å². The highest BCUT2D eigenvalue weighted by atomic mass is 32.1. The van der Waals surface area contributed by atoms with Crippen LogP contribution in [0.2, 0.25) is 0 Å². The quantitative estimate of drug-likeness (QED) is 0.545. The molecule has 0 aliphatic rings. The monoisotopic (exact) mass is 296 g/mol. The summed E-state index contributed by atoms with van der Waals surface area (Å²) in [6.45, 7) is 0. The molecule has 0 aliphatic heterocycles. The SMILES string of the molecule is Fc1ccc(NN=C(c2ccccc2)c2cccs2)cc1. The van der Waals surface area contributed by atoms with Crippen molar-refractivity contribution in [3.63, 3.8) is 0 Å². The molecule has 21 heavy (non-hydrogen) atoms. The summed E-state index contributed by atoms with van der Waals surface area (Å²) in [6, 6.07) is 20.1. The fourth-order valence-corrected chi connectivity index (χ4v) is 2.65. The molecule has 0 bridgehead atoms. The van der Waals surface area contributed by atoms with E-state index in [-0.39, 0.29) is 5.82 Å². The van der Waals surface area contributed by atoms with Crippen molar-refractivity contribution in [2.24, 2.45) is 5.10 Å². The molecule has 0 saturated carbocycles. The number of hydrogen-bond acceptors (Lipinski definition) is 3. The van der Waals surface area contributed by atoms with E-state index >= 15 is 0 Å². The number of nitrogens with one attached hydrogen (secondary N) is 1. The average molecular weight is 296 g/mol. The molecule has 3 aromatic rings. The topological polar surface area (TPSA) is 24.4 Å². The van der Waals surface area contributed by atoms with Gasteiger partial charge in [-0.2, -0.15) is 5.10 Å². The van der Waals surface area contributed by atoms with Gasteiger partial charge in [0.1, 0.15) is 11.5 Å². The van der Waals surface area contributed by atoms with Gasteiger partial charge in [0, 0.05) is 5.56 Å². The lowest BCUT2D eigenvalue weighted by Gasteiger charge is -2.06. The Hall–Kier alpha value is -2.46. The second kappa shape index (κ2) is 6.33. The number of halogens is 1. The zero-order valence-electron chi connectivity index (χ0n) is 11.2. The Kier molecular flexibility index (Phi) is 4.07. The second-order valence-corrected chi connectivity index (χ2v) is 5.37. The number of rotatable bonds is 4. The Bertz CT molecular complexity index is 719. The first-order valence-corrected chi connectivity index (χ1v) is 7.39. The number of benzene rings is 2. The van der Waals surface area contributed by atoms with Crippen molar-refractivity contribution in [3.05, 3.63) is 88.4 Å². The zero-order valence-corrected chi connectivity index (χ0v) is 12.0. The highest BCUT2D eigenvalue weighted by Gasteiger charge is 2.07. The van der Waals surface area contributed by atoms with Crippen LogP contribution < -0.4 is 5.43 Å². The van der Waals surface area contributed by atoms with Crippen molar-refractivity contribution < 1.29 is 4.39 Å². The summed E-state index contributed by atoms with van der Waals surface area (Å²) in [5.41, 5.74) is 5.64. The summed E-state index contributed by atoms with van der Waals surface area (Å²) >= 11 is 1.63. The van der Waals surface area contributed by atoms with Gasteiger partial charge in [0.2, 0.25) is 0 Å². The maximum atomic E-state index is 12.9. The third kappa shape index (κ3) is 3.35. The number of anilines is 1. The van der Waals surface area contributed by atoms with Crippen LogP contribution in [0.5, 0.6) is 0 Å². The van der Waals surface area contributed by atoms with Crippen LogP contribution in [0.15, 0.2) is 77.2 Å². The maximum Gasteiger partial charge on any atom is 0.123 e. The largest absolute Gasteiger partial charge is 0.278 e.